The topological polar surface area (TPSA) is 70.4 Å². The van der Waals surface area contributed by atoms with Crippen molar-refractivity contribution >= 4 is 32.8 Å². The van der Waals surface area contributed by atoms with Crippen LogP contribution >= 0.6 is 15.9 Å². The number of rotatable bonds is 5. The van der Waals surface area contributed by atoms with E-state index in [0.717, 1.165) is 15.6 Å². The van der Waals surface area contributed by atoms with E-state index in [1.54, 1.807) is 25.3 Å². The summed E-state index contributed by atoms with van der Waals surface area (Å²) in [5, 5.41) is 0.486. The highest BCUT2D eigenvalue weighted by molar-refractivity contribution is 9.10. The van der Waals surface area contributed by atoms with Gasteiger partial charge in [-0.2, -0.15) is 0 Å². The van der Waals surface area contributed by atoms with Crippen molar-refractivity contribution in [3.63, 3.8) is 0 Å². The molecular weight excluding hydrogens is 400 g/mol. The van der Waals surface area contributed by atoms with Gasteiger partial charge < -0.3 is 9.47 Å². The van der Waals surface area contributed by atoms with Crippen LogP contribution in [-0.4, -0.2) is 22.6 Å². The molecule has 0 aliphatic heterocycles. The van der Waals surface area contributed by atoms with Gasteiger partial charge in [-0.25, -0.2) is 4.98 Å². The summed E-state index contributed by atoms with van der Waals surface area (Å²) in [7, 11) is 1.58. The molecule has 0 aliphatic rings. The zero-order chi connectivity index (χ0) is 18.7. The number of benzene rings is 2. The van der Waals surface area contributed by atoms with Gasteiger partial charge in [0, 0.05) is 0 Å². The first-order valence-electron chi connectivity index (χ1n) is 7.92. The number of nitrogens with zero attached hydrogens (tertiary/aromatic N) is 2. The normalized spacial score (nSPS) is 10.7. The number of esters is 1. The highest BCUT2D eigenvalue weighted by Gasteiger charge is 2.11. The molecule has 6 nitrogen and oxygen atoms in total. The fraction of sp³-hybridized carbons (Fsp3) is 0.211. The Balaban J connectivity index is 1.70. The average Bonchev–Trinajstić information content (AvgIpc) is 2.63. The van der Waals surface area contributed by atoms with Crippen molar-refractivity contribution in [1.29, 1.82) is 0 Å². The number of ether oxygens (including phenoxy) is 2. The second kappa shape index (κ2) is 7.70. The summed E-state index contributed by atoms with van der Waals surface area (Å²) >= 11 is 3.39. The highest BCUT2D eigenvalue weighted by Crippen LogP contribution is 2.25. The zero-order valence-corrected chi connectivity index (χ0v) is 15.9. The van der Waals surface area contributed by atoms with E-state index in [9.17, 15) is 9.59 Å². The van der Waals surface area contributed by atoms with Gasteiger partial charge in [0.05, 0.1) is 28.8 Å². The van der Waals surface area contributed by atoms with Crippen LogP contribution in [0.2, 0.25) is 0 Å². The highest BCUT2D eigenvalue weighted by atomic mass is 79.9. The Morgan fingerprint density at radius 3 is 2.81 bits per heavy atom. The van der Waals surface area contributed by atoms with Crippen LogP contribution in [0.3, 0.4) is 0 Å². The second-order valence-electron chi connectivity index (χ2n) is 5.78. The summed E-state index contributed by atoms with van der Waals surface area (Å²) in [5.74, 6) is 0.192. The molecule has 0 saturated heterocycles. The molecule has 0 saturated carbocycles. The largest absolute Gasteiger partial charge is 0.496 e. The molecule has 0 amide bonds. The molecule has 1 aromatic heterocycles. The SMILES string of the molecule is COc1ccc(COC(=O)Cn2cnc3c(C)cccc3c2=O)cc1Br. The van der Waals surface area contributed by atoms with Gasteiger partial charge >= 0.3 is 5.97 Å². The third-order valence-corrected chi connectivity index (χ3v) is 4.59. The molecule has 0 atom stereocenters. The van der Waals surface area contributed by atoms with Crippen molar-refractivity contribution in [3.05, 3.63) is 68.7 Å². The first-order valence-corrected chi connectivity index (χ1v) is 8.71. The van der Waals surface area contributed by atoms with Gasteiger partial charge in [0.1, 0.15) is 18.9 Å². The minimum absolute atomic E-state index is 0.107. The van der Waals surface area contributed by atoms with Gasteiger partial charge in [0.15, 0.2) is 0 Å². The Kier molecular flexibility index (Phi) is 5.37. The number of aryl methyl sites for hydroxylation is 1. The molecule has 134 valence electrons. The molecule has 0 unspecified atom stereocenters. The summed E-state index contributed by atoms with van der Waals surface area (Å²) in [6, 6.07) is 10.8. The molecular formula is C19H17BrN2O4. The molecule has 0 fully saturated rings. The number of halogens is 1. The molecule has 26 heavy (non-hydrogen) atoms. The molecule has 7 heteroatoms. The zero-order valence-electron chi connectivity index (χ0n) is 14.4. The molecule has 3 rings (SSSR count). The molecule has 3 aromatic rings. The minimum Gasteiger partial charge on any atom is -0.496 e. The van der Waals surface area contributed by atoms with Crippen LogP contribution < -0.4 is 10.3 Å². The maximum absolute atomic E-state index is 12.5. The quantitative estimate of drug-likeness (QED) is 0.597. The van der Waals surface area contributed by atoms with Crippen LogP contribution in [0.25, 0.3) is 10.9 Å². The van der Waals surface area contributed by atoms with Crippen LogP contribution in [0.5, 0.6) is 5.75 Å². The number of methoxy groups -OCH3 is 1. The van der Waals surface area contributed by atoms with Gasteiger partial charge in [-0.1, -0.05) is 18.2 Å². The first-order chi connectivity index (χ1) is 12.5. The van der Waals surface area contributed by atoms with Gasteiger partial charge in [-0.15, -0.1) is 0 Å². The summed E-state index contributed by atoms with van der Waals surface area (Å²) in [5.41, 5.74) is 2.11. The Bertz CT molecular complexity index is 1030. The number of carbonyl (C=O) groups is 1. The third-order valence-electron chi connectivity index (χ3n) is 3.97. The summed E-state index contributed by atoms with van der Waals surface area (Å²) in [6.45, 7) is 1.81. The lowest BCUT2D eigenvalue weighted by atomic mass is 10.1. The van der Waals surface area contributed by atoms with E-state index in [1.807, 2.05) is 25.1 Å². The number of para-hydroxylation sites is 1. The Labute approximate surface area is 158 Å². The molecule has 0 aliphatic carbocycles. The Morgan fingerprint density at radius 2 is 2.08 bits per heavy atom. The van der Waals surface area contributed by atoms with Gasteiger partial charge in [0.2, 0.25) is 0 Å². The lowest BCUT2D eigenvalue weighted by Gasteiger charge is -2.09. The molecule has 0 spiro atoms. The van der Waals surface area contributed by atoms with Crippen molar-refractivity contribution in [2.45, 2.75) is 20.1 Å². The van der Waals surface area contributed by atoms with Gasteiger partial charge in [-0.3, -0.25) is 14.2 Å². The Morgan fingerprint density at radius 1 is 1.27 bits per heavy atom. The number of carbonyl (C=O) groups excluding carboxylic acids is 1. The monoisotopic (exact) mass is 416 g/mol. The molecule has 1 heterocycles. The third kappa shape index (κ3) is 3.77. The Hall–Kier alpha value is -2.67. The summed E-state index contributed by atoms with van der Waals surface area (Å²) in [6.07, 6.45) is 1.38. The fourth-order valence-electron chi connectivity index (χ4n) is 2.60. The van der Waals surface area contributed by atoms with Crippen LogP contribution in [0.1, 0.15) is 11.1 Å². The predicted octanol–water partition coefficient (Wildman–Crippen LogP) is 3.22. The molecule has 2 aromatic carbocycles. The average molecular weight is 417 g/mol. The van der Waals surface area contributed by atoms with Crippen LogP contribution in [0, 0.1) is 6.92 Å². The smallest absolute Gasteiger partial charge is 0.326 e. The van der Waals surface area contributed by atoms with Crippen molar-refractivity contribution in [3.8, 4) is 5.75 Å². The summed E-state index contributed by atoms with van der Waals surface area (Å²) < 4.78 is 12.5. The molecule has 0 bridgehead atoms. The van der Waals surface area contributed by atoms with E-state index in [0.29, 0.717) is 16.7 Å². The van der Waals surface area contributed by atoms with Crippen molar-refractivity contribution in [2.24, 2.45) is 0 Å². The minimum atomic E-state index is -0.507. The van der Waals surface area contributed by atoms with Gasteiger partial charge in [-0.05, 0) is 52.2 Å². The standard InChI is InChI=1S/C19H17BrN2O4/c1-12-4-3-5-14-18(12)21-11-22(19(14)24)9-17(23)26-10-13-6-7-16(25-2)15(20)8-13/h3-8,11H,9-10H2,1-2H3. The van der Waals surface area contributed by atoms with Gasteiger partial charge in [0.25, 0.3) is 5.56 Å². The predicted molar refractivity (Wildman–Crippen MR) is 101 cm³/mol. The summed E-state index contributed by atoms with van der Waals surface area (Å²) in [4.78, 5) is 28.9. The van der Waals surface area contributed by atoms with Crippen molar-refractivity contribution in [2.75, 3.05) is 7.11 Å². The van der Waals surface area contributed by atoms with E-state index in [4.69, 9.17) is 9.47 Å². The van der Waals surface area contributed by atoms with Crippen LogP contribution in [0.15, 0.2) is 52.0 Å². The number of aromatic nitrogens is 2. The number of fused-ring (bicyclic) bond motifs is 1. The lowest BCUT2D eigenvalue weighted by molar-refractivity contribution is -0.145. The number of hydrogen-bond donors (Lipinski definition) is 0. The fourth-order valence-corrected chi connectivity index (χ4v) is 3.19. The van der Waals surface area contributed by atoms with E-state index < -0.39 is 5.97 Å². The molecule has 0 radical (unpaired) electrons. The van der Waals surface area contributed by atoms with E-state index in [2.05, 4.69) is 20.9 Å². The van der Waals surface area contributed by atoms with Crippen molar-refractivity contribution in [1.82, 2.24) is 9.55 Å². The number of hydrogen-bond acceptors (Lipinski definition) is 5. The van der Waals surface area contributed by atoms with Crippen LogP contribution in [0.4, 0.5) is 0 Å². The van der Waals surface area contributed by atoms with E-state index >= 15 is 0 Å². The maximum atomic E-state index is 12.5. The van der Waals surface area contributed by atoms with E-state index in [-0.39, 0.29) is 18.7 Å². The molecule has 0 N–H and O–H groups in total. The van der Waals surface area contributed by atoms with Crippen LogP contribution in [-0.2, 0) is 22.7 Å². The lowest BCUT2D eigenvalue weighted by Crippen LogP contribution is -2.25. The first kappa shape index (κ1) is 18.1. The maximum Gasteiger partial charge on any atom is 0.326 e. The second-order valence-corrected chi connectivity index (χ2v) is 6.63. The van der Waals surface area contributed by atoms with Crippen molar-refractivity contribution < 1.29 is 14.3 Å². The van der Waals surface area contributed by atoms with E-state index in [1.165, 1.54) is 10.9 Å².